The highest BCUT2D eigenvalue weighted by Gasteiger charge is 2.65. The Kier molecular flexibility index (Phi) is 4.97. The highest BCUT2D eigenvalue weighted by Crippen LogP contribution is 2.64. The number of anilines is 2. The third-order valence-electron chi connectivity index (χ3n) is 6.88. The molecule has 0 spiro atoms. The average Bonchev–Trinajstić information content (AvgIpc) is 3.22. The summed E-state index contributed by atoms with van der Waals surface area (Å²) >= 11 is 0. The van der Waals surface area contributed by atoms with Crippen molar-refractivity contribution in [2.75, 3.05) is 15.2 Å². The van der Waals surface area contributed by atoms with Crippen LogP contribution in [0.5, 0.6) is 0 Å². The van der Waals surface area contributed by atoms with E-state index in [1.54, 1.807) is 6.92 Å². The van der Waals surface area contributed by atoms with Crippen LogP contribution in [0.1, 0.15) is 38.9 Å². The Morgan fingerprint density at radius 1 is 1.13 bits per heavy atom. The summed E-state index contributed by atoms with van der Waals surface area (Å²) in [5.74, 6) is 0.491. The fraction of sp³-hybridized carbons (Fsp3) is 0.500. The largest absolute Gasteiger partial charge is 0.360 e. The van der Waals surface area contributed by atoms with Gasteiger partial charge in [0.05, 0.1) is 16.1 Å². The summed E-state index contributed by atoms with van der Waals surface area (Å²) in [4.78, 5) is 12.6. The lowest BCUT2D eigenvalue weighted by atomic mass is 9.70. The van der Waals surface area contributed by atoms with E-state index in [1.807, 2.05) is 13.8 Å². The second-order valence-electron chi connectivity index (χ2n) is 8.98. The number of aryl methyl sites for hydroxylation is 1. The van der Waals surface area contributed by atoms with Crippen LogP contribution in [0, 0.1) is 23.7 Å². The second kappa shape index (κ2) is 7.06. The standard InChI is InChI=1S/C20H25N3O6S2/c1-13-10-18(21-29-13)23-31(27,28)16-6-4-15(5-7-16)22-30(25,26)12-20-9-8-14(11-17(20)24)19(20,2)3/h4-7,10,14,22H,8-9,11-12H2,1-3H3,(H,21,23)/t14-,20+/m1/s1. The van der Waals surface area contributed by atoms with Crippen molar-refractivity contribution in [1.29, 1.82) is 0 Å². The van der Waals surface area contributed by atoms with E-state index in [0.29, 0.717) is 18.6 Å². The Hall–Kier alpha value is -2.40. The highest BCUT2D eigenvalue weighted by molar-refractivity contribution is 7.93. The maximum Gasteiger partial charge on any atom is 0.263 e. The van der Waals surface area contributed by atoms with Crippen LogP contribution in [-0.4, -0.2) is 33.5 Å². The molecule has 2 aliphatic rings. The molecule has 4 rings (SSSR count). The number of hydrogen-bond acceptors (Lipinski definition) is 7. The molecule has 2 saturated carbocycles. The number of fused-ring (bicyclic) bond motifs is 2. The first-order valence-electron chi connectivity index (χ1n) is 9.95. The number of aromatic nitrogens is 1. The van der Waals surface area contributed by atoms with Crippen molar-refractivity contribution in [1.82, 2.24) is 5.16 Å². The van der Waals surface area contributed by atoms with Crippen LogP contribution >= 0.6 is 0 Å². The Morgan fingerprint density at radius 2 is 1.81 bits per heavy atom. The quantitative estimate of drug-likeness (QED) is 0.639. The molecule has 0 radical (unpaired) electrons. The van der Waals surface area contributed by atoms with E-state index < -0.39 is 25.5 Å². The van der Waals surface area contributed by atoms with Crippen molar-refractivity contribution in [2.24, 2.45) is 16.7 Å². The number of Topliss-reactive ketones (excluding diaryl/α,β-unsaturated/α-hetero) is 1. The van der Waals surface area contributed by atoms with Crippen LogP contribution in [0.15, 0.2) is 39.8 Å². The lowest BCUT2D eigenvalue weighted by Gasteiger charge is -2.36. The molecular weight excluding hydrogens is 442 g/mol. The van der Waals surface area contributed by atoms with Crippen LogP contribution < -0.4 is 9.44 Å². The number of ketones is 1. The molecule has 2 N–H and O–H groups in total. The molecule has 2 atom stereocenters. The normalized spacial score (nSPS) is 25.0. The zero-order valence-electron chi connectivity index (χ0n) is 17.5. The van der Waals surface area contributed by atoms with Crippen LogP contribution in [0.4, 0.5) is 11.5 Å². The molecule has 168 valence electrons. The monoisotopic (exact) mass is 467 g/mol. The smallest absolute Gasteiger partial charge is 0.263 e. The van der Waals surface area contributed by atoms with Gasteiger partial charge in [-0.25, -0.2) is 16.8 Å². The van der Waals surface area contributed by atoms with Gasteiger partial charge in [0.1, 0.15) is 11.5 Å². The van der Waals surface area contributed by atoms with E-state index in [-0.39, 0.29) is 39.3 Å². The van der Waals surface area contributed by atoms with Gasteiger partial charge >= 0.3 is 0 Å². The topological polar surface area (TPSA) is 135 Å². The fourth-order valence-corrected chi connectivity index (χ4v) is 7.84. The van der Waals surface area contributed by atoms with Gasteiger partial charge in [0.15, 0.2) is 5.82 Å². The first kappa shape index (κ1) is 21.8. The number of carbonyl (C=O) groups excluding carboxylic acids is 1. The van der Waals surface area contributed by atoms with Crippen molar-refractivity contribution in [2.45, 2.75) is 44.9 Å². The summed E-state index contributed by atoms with van der Waals surface area (Å²) in [5.41, 5.74) is -1.00. The molecule has 0 saturated heterocycles. The van der Waals surface area contributed by atoms with E-state index >= 15 is 0 Å². The predicted octanol–water partition coefficient (Wildman–Crippen LogP) is 2.92. The number of hydrogen-bond donors (Lipinski definition) is 2. The molecule has 2 aliphatic carbocycles. The molecule has 2 fully saturated rings. The summed E-state index contributed by atoms with van der Waals surface area (Å²) < 4.78 is 60.3. The molecule has 1 aromatic heterocycles. The molecule has 9 nitrogen and oxygen atoms in total. The lowest BCUT2D eigenvalue weighted by molar-refractivity contribution is -0.128. The number of rotatable bonds is 7. The minimum absolute atomic E-state index is 0.0229. The molecule has 0 aliphatic heterocycles. The molecule has 2 aromatic rings. The zero-order chi connectivity index (χ0) is 22.7. The molecule has 2 bridgehead atoms. The second-order valence-corrected chi connectivity index (χ2v) is 12.4. The fourth-order valence-electron chi connectivity index (χ4n) is 4.96. The van der Waals surface area contributed by atoms with E-state index in [1.165, 1.54) is 30.3 Å². The Balaban J connectivity index is 1.49. The van der Waals surface area contributed by atoms with E-state index in [0.717, 1.165) is 6.42 Å². The maximum atomic E-state index is 12.9. The Labute approximate surface area is 181 Å². The van der Waals surface area contributed by atoms with Crippen LogP contribution in [0.2, 0.25) is 0 Å². The van der Waals surface area contributed by atoms with Gasteiger partial charge in [0.2, 0.25) is 10.0 Å². The summed E-state index contributed by atoms with van der Waals surface area (Å²) in [6.45, 7) is 5.60. The number of carbonyl (C=O) groups is 1. The molecule has 1 aromatic carbocycles. The molecular formula is C20H25N3O6S2. The average molecular weight is 468 g/mol. The first-order chi connectivity index (χ1) is 14.3. The summed E-state index contributed by atoms with van der Waals surface area (Å²) in [6.07, 6.45) is 1.88. The molecule has 0 amide bonds. The van der Waals surface area contributed by atoms with Crippen molar-refractivity contribution in [3.63, 3.8) is 0 Å². The van der Waals surface area contributed by atoms with Crippen LogP contribution in [-0.2, 0) is 24.8 Å². The molecule has 11 heteroatoms. The minimum atomic E-state index is -3.90. The van der Waals surface area contributed by atoms with Gasteiger partial charge in [-0.1, -0.05) is 19.0 Å². The zero-order valence-corrected chi connectivity index (χ0v) is 19.1. The summed E-state index contributed by atoms with van der Waals surface area (Å²) in [6, 6.07) is 6.77. The number of sulfonamides is 2. The van der Waals surface area contributed by atoms with Crippen molar-refractivity contribution < 1.29 is 26.2 Å². The SMILES string of the molecule is Cc1cc(NS(=O)(=O)c2ccc(NS(=O)(=O)C[C@@]34CC[C@H](CC3=O)C4(C)C)cc2)no1. The van der Waals surface area contributed by atoms with Crippen LogP contribution in [0.3, 0.4) is 0 Å². The first-order valence-corrected chi connectivity index (χ1v) is 13.1. The third-order valence-corrected chi connectivity index (χ3v) is 9.67. The number of nitrogens with one attached hydrogen (secondary N) is 2. The molecule has 0 unspecified atom stereocenters. The lowest BCUT2D eigenvalue weighted by Crippen LogP contribution is -2.43. The van der Waals surface area contributed by atoms with Gasteiger partial charge in [-0.3, -0.25) is 14.2 Å². The highest BCUT2D eigenvalue weighted by atomic mass is 32.2. The molecule has 31 heavy (non-hydrogen) atoms. The van der Waals surface area contributed by atoms with Gasteiger partial charge in [-0.15, -0.1) is 0 Å². The maximum absolute atomic E-state index is 12.9. The minimum Gasteiger partial charge on any atom is -0.360 e. The predicted molar refractivity (Wildman–Crippen MR) is 114 cm³/mol. The van der Waals surface area contributed by atoms with E-state index in [9.17, 15) is 21.6 Å². The Bertz CT molecular complexity index is 1230. The number of nitrogens with zero attached hydrogens (tertiary/aromatic N) is 1. The van der Waals surface area contributed by atoms with Crippen molar-refractivity contribution in [3.8, 4) is 0 Å². The van der Waals surface area contributed by atoms with Crippen molar-refractivity contribution >= 4 is 37.3 Å². The van der Waals surface area contributed by atoms with Gasteiger partial charge in [-0.05, 0) is 55.4 Å². The summed E-state index contributed by atoms with van der Waals surface area (Å²) in [7, 11) is -7.72. The van der Waals surface area contributed by atoms with Gasteiger partial charge < -0.3 is 4.52 Å². The van der Waals surface area contributed by atoms with Crippen molar-refractivity contribution in [3.05, 3.63) is 36.1 Å². The van der Waals surface area contributed by atoms with Gasteiger partial charge in [-0.2, -0.15) is 0 Å². The van der Waals surface area contributed by atoms with Crippen LogP contribution in [0.25, 0.3) is 0 Å². The summed E-state index contributed by atoms with van der Waals surface area (Å²) in [5, 5.41) is 3.59. The third kappa shape index (κ3) is 3.73. The van der Waals surface area contributed by atoms with Gasteiger partial charge in [0, 0.05) is 18.2 Å². The molecule has 1 heterocycles. The Morgan fingerprint density at radius 3 is 2.32 bits per heavy atom. The van der Waals surface area contributed by atoms with E-state index in [4.69, 9.17) is 4.52 Å². The van der Waals surface area contributed by atoms with Gasteiger partial charge in [0.25, 0.3) is 10.0 Å². The number of benzene rings is 1. The van der Waals surface area contributed by atoms with E-state index in [2.05, 4.69) is 14.6 Å².